The molecule has 0 bridgehead atoms. The summed E-state index contributed by atoms with van der Waals surface area (Å²) in [5.74, 6) is 0.690. The lowest BCUT2D eigenvalue weighted by Gasteiger charge is -2.27. The van der Waals surface area contributed by atoms with Gasteiger partial charge in [-0.3, -0.25) is 4.90 Å². The third kappa shape index (κ3) is 4.35. The zero-order valence-corrected chi connectivity index (χ0v) is 12.2. The maximum absolute atomic E-state index is 5.74. The molecule has 3 heteroatoms. The van der Waals surface area contributed by atoms with Crippen LogP contribution in [0.25, 0.3) is 0 Å². The van der Waals surface area contributed by atoms with Crippen molar-refractivity contribution < 1.29 is 4.74 Å². The summed E-state index contributed by atoms with van der Waals surface area (Å²) < 4.78 is 5.74. The molecule has 0 saturated heterocycles. The van der Waals surface area contributed by atoms with Crippen molar-refractivity contribution in [2.24, 2.45) is 0 Å². The number of hydrogen-bond donors (Lipinski definition) is 0. The van der Waals surface area contributed by atoms with E-state index in [1.165, 1.54) is 5.56 Å². The van der Waals surface area contributed by atoms with E-state index in [-0.39, 0.29) is 0 Å². The topological polar surface area (TPSA) is 25.4 Å². The average molecular weight is 270 g/mol. The van der Waals surface area contributed by atoms with Crippen molar-refractivity contribution in [1.29, 1.82) is 0 Å². The molecule has 1 heterocycles. The summed E-state index contributed by atoms with van der Waals surface area (Å²) in [6, 6.07) is 16.6. The van der Waals surface area contributed by atoms with Gasteiger partial charge in [0.15, 0.2) is 0 Å². The normalized spacial score (nSPS) is 12.3. The van der Waals surface area contributed by atoms with E-state index >= 15 is 0 Å². The van der Waals surface area contributed by atoms with E-state index in [9.17, 15) is 0 Å². The Bertz CT molecular complexity index is 487. The van der Waals surface area contributed by atoms with E-state index in [1.807, 2.05) is 24.3 Å². The molecule has 1 aromatic heterocycles. The van der Waals surface area contributed by atoms with Crippen molar-refractivity contribution in [3.8, 4) is 5.88 Å². The maximum atomic E-state index is 5.74. The molecule has 0 unspecified atom stereocenters. The number of nitrogens with zero attached hydrogens (tertiary/aromatic N) is 2. The van der Waals surface area contributed by atoms with Gasteiger partial charge >= 0.3 is 0 Å². The van der Waals surface area contributed by atoms with Crippen LogP contribution in [-0.2, 0) is 6.54 Å². The fourth-order valence-electron chi connectivity index (χ4n) is 2.14. The van der Waals surface area contributed by atoms with Gasteiger partial charge in [-0.15, -0.1) is 0 Å². The first kappa shape index (κ1) is 14.5. The SMILES string of the molecule is CCN(Cc1ccccc1)[C@@H](C)COc1ccccn1. The van der Waals surface area contributed by atoms with Crippen LogP contribution >= 0.6 is 0 Å². The molecule has 106 valence electrons. The molecule has 0 aliphatic heterocycles. The van der Waals surface area contributed by atoms with Gasteiger partial charge in [0.25, 0.3) is 0 Å². The minimum atomic E-state index is 0.349. The van der Waals surface area contributed by atoms with Gasteiger partial charge in [-0.1, -0.05) is 43.3 Å². The van der Waals surface area contributed by atoms with Crippen LogP contribution < -0.4 is 4.74 Å². The van der Waals surface area contributed by atoms with Gasteiger partial charge in [0.2, 0.25) is 5.88 Å². The summed E-state index contributed by atoms with van der Waals surface area (Å²) in [6.07, 6.45) is 1.75. The van der Waals surface area contributed by atoms with E-state index in [0.717, 1.165) is 13.1 Å². The van der Waals surface area contributed by atoms with Crippen LogP contribution in [0.2, 0.25) is 0 Å². The van der Waals surface area contributed by atoms with E-state index < -0.39 is 0 Å². The van der Waals surface area contributed by atoms with Crippen LogP contribution in [0.3, 0.4) is 0 Å². The monoisotopic (exact) mass is 270 g/mol. The van der Waals surface area contributed by atoms with Gasteiger partial charge in [0, 0.05) is 24.8 Å². The number of likely N-dealkylation sites (N-methyl/N-ethyl adjacent to an activating group) is 1. The second-order valence-corrected chi connectivity index (χ2v) is 4.88. The highest BCUT2D eigenvalue weighted by Crippen LogP contribution is 2.10. The van der Waals surface area contributed by atoms with Gasteiger partial charge in [-0.2, -0.15) is 0 Å². The Morgan fingerprint density at radius 3 is 2.50 bits per heavy atom. The minimum absolute atomic E-state index is 0.349. The third-order valence-electron chi connectivity index (χ3n) is 3.37. The first-order chi connectivity index (χ1) is 9.79. The van der Waals surface area contributed by atoms with E-state index in [1.54, 1.807) is 6.20 Å². The Kier molecular flexibility index (Phi) is 5.56. The highest BCUT2D eigenvalue weighted by Gasteiger charge is 2.13. The second kappa shape index (κ2) is 7.65. The zero-order chi connectivity index (χ0) is 14.2. The molecule has 0 fully saturated rings. The van der Waals surface area contributed by atoms with Crippen LogP contribution in [0.5, 0.6) is 5.88 Å². The van der Waals surface area contributed by atoms with Crippen LogP contribution in [0, 0.1) is 0 Å². The van der Waals surface area contributed by atoms with Crippen LogP contribution in [0.15, 0.2) is 54.7 Å². The molecule has 0 N–H and O–H groups in total. The lowest BCUT2D eigenvalue weighted by Crippen LogP contribution is -2.36. The van der Waals surface area contributed by atoms with Gasteiger partial charge in [0.1, 0.15) is 6.61 Å². The van der Waals surface area contributed by atoms with Gasteiger partial charge in [-0.25, -0.2) is 4.98 Å². The van der Waals surface area contributed by atoms with Crippen molar-refractivity contribution in [1.82, 2.24) is 9.88 Å². The molecule has 0 aliphatic carbocycles. The molecule has 0 saturated carbocycles. The smallest absolute Gasteiger partial charge is 0.213 e. The highest BCUT2D eigenvalue weighted by atomic mass is 16.5. The number of rotatable bonds is 7. The predicted molar refractivity (Wildman–Crippen MR) is 81.7 cm³/mol. The minimum Gasteiger partial charge on any atom is -0.476 e. The molecule has 20 heavy (non-hydrogen) atoms. The standard InChI is InChI=1S/C17H22N2O/c1-3-19(13-16-9-5-4-6-10-16)15(2)14-20-17-11-7-8-12-18-17/h4-12,15H,3,13-14H2,1-2H3/t15-/m0/s1. The molecule has 2 aromatic rings. The van der Waals surface area contributed by atoms with Crippen molar-refractivity contribution >= 4 is 0 Å². The third-order valence-corrected chi connectivity index (χ3v) is 3.37. The number of hydrogen-bond acceptors (Lipinski definition) is 3. The van der Waals surface area contributed by atoms with Gasteiger partial charge in [-0.05, 0) is 25.1 Å². The van der Waals surface area contributed by atoms with Gasteiger partial charge in [0.05, 0.1) is 0 Å². The summed E-state index contributed by atoms with van der Waals surface area (Å²) in [4.78, 5) is 6.58. The molecule has 0 amide bonds. The largest absolute Gasteiger partial charge is 0.476 e. The van der Waals surface area contributed by atoms with E-state index in [4.69, 9.17) is 4.74 Å². The molecule has 0 radical (unpaired) electrons. The summed E-state index contributed by atoms with van der Waals surface area (Å²) in [5.41, 5.74) is 1.33. The molecular formula is C17H22N2O. The molecule has 2 rings (SSSR count). The first-order valence-corrected chi connectivity index (χ1v) is 7.11. The van der Waals surface area contributed by atoms with E-state index in [0.29, 0.717) is 18.5 Å². The Balaban J connectivity index is 1.87. The zero-order valence-electron chi connectivity index (χ0n) is 12.2. The van der Waals surface area contributed by atoms with Crippen molar-refractivity contribution in [3.63, 3.8) is 0 Å². The Morgan fingerprint density at radius 1 is 1.10 bits per heavy atom. The van der Waals surface area contributed by atoms with Crippen molar-refractivity contribution in [3.05, 3.63) is 60.3 Å². The quantitative estimate of drug-likeness (QED) is 0.771. The Hall–Kier alpha value is -1.87. The first-order valence-electron chi connectivity index (χ1n) is 7.11. The molecule has 1 aromatic carbocycles. The molecule has 1 atom stereocenters. The Morgan fingerprint density at radius 2 is 1.85 bits per heavy atom. The van der Waals surface area contributed by atoms with Crippen molar-refractivity contribution in [2.75, 3.05) is 13.2 Å². The van der Waals surface area contributed by atoms with E-state index in [2.05, 4.69) is 48.0 Å². The molecule has 0 aliphatic rings. The number of pyridine rings is 1. The summed E-state index contributed by atoms with van der Waals surface area (Å²) in [7, 11) is 0. The highest BCUT2D eigenvalue weighted by molar-refractivity contribution is 5.14. The number of ether oxygens (including phenoxy) is 1. The fourth-order valence-corrected chi connectivity index (χ4v) is 2.14. The number of aromatic nitrogens is 1. The van der Waals surface area contributed by atoms with Crippen LogP contribution in [0.1, 0.15) is 19.4 Å². The molecular weight excluding hydrogens is 248 g/mol. The second-order valence-electron chi connectivity index (χ2n) is 4.88. The molecule has 0 spiro atoms. The van der Waals surface area contributed by atoms with Crippen molar-refractivity contribution in [2.45, 2.75) is 26.4 Å². The summed E-state index contributed by atoms with van der Waals surface area (Å²) in [6.45, 7) is 6.97. The van der Waals surface area contributed by atoms with Crippen LogP contribution in [-0.4, -0.2) is 29.1 Å². The maximum Gasteiger partial charge on any atom is 0.213 e. The summed E-state index contributed by atoms with van der Waals surface area (Å²) >= 11 is 0. The lowest BCUT2D eigenvalue weighted by atomic mass is 10.2. The lowest BCUT2D eigenvalue weighted by molar-refractivity contribution is 0.142. The van der Waals surface area contributed by atoms with Gasteiger partial charge < -0.3 is 4.74 Å². The molecule has 3 nitrogen and oxygen atoms in total. The predicted octanol–water partition coefficient (Wildman–Crippen LogP) is 3.37. The van der Waals surface area contributed by atoms with Crippen LogP contribution in [0.4, 0.5) is 0 Å². The number of benzene rings is 1. The summed E-state index contributed by atoms with van der Waals surface area (Å²) in [5, 5.41) is 0. The fraction of sp³-hybridized carbons (Fsp3) is 0.353. The Labute approximate surface area is 121 Å². The average Bonchev–Trinajstić information content (AvgIpc) is 2.52.